The number of likely N-dealkylation sites (tertiary alicyclic amines) is 1. The number of aliphatic carboxylic acids is 1. The Kier molecular flexibility index (Phi) is 30.1. The number of hydrogen-bond acceptors (Lipinski definition) is 19. The van der Waals surface area contributed by atoms with Gasteiger partial charge >= 0.3 is 11.9 Å². The molecule has 4 rings (SSSR count). The van der Waals surface area contributed by atoms with E-state index in [2.05, 4.69) is 26.6 Å². The van der Waals surface area contributed by atoms with Gasteiger partial charge in [-0.2, -0.15) is 0 Å². The number of esters is 1. The van der Waals surface area contributed by atoms with E-state index >= 15 is 0 Å². The molecule has 0 bridgehead atoms. The lowest BCUT2D eigenvalue weighted by Gasteiger charge is -2.34. The van der Waals surface area contributed by atoms with Crippen LogP contribution in [0.5, 0.6) is 0 Å². The van der Waals surface area contributed by atoms with Crippen molar-refractivity contribution in [1.82, 2.24) is 36.4 Å². The zero-order chi connectivity index (χ0) is 58.5. The minimum Gasteiger partial charge on any atom is -0.481 e. The number of fused-ring (bicyclic) bond motifs is 1. The predicted molar refractivity (Wildman–Crippen MR) is 287 cm³/mol. The number of imide groups is 1. The van der Waals surface area contributed by atoms with Gasteiger partial charge in [-0.05, 0) is 83.6 Å². The zero-order valence-corrected chi connectivity index (χ0v) is 47.0. The molecule has 6 amide bonds. The SMILES string of the molecule is CNCC(=O)C[C@@H]1CC(=O)C(CCCCNC(=O)CCOCC(COCCC(=O)NCCCCC(N)C(=O)CCCCC(=O)O)(COCCC(=O)NCCCCC2C(=O)O[C@H]3CC(=O)CN23)NC(=O)CCN2C(=O)CC(C)C2=O)C1. The number of carbonyl (C=O) groups excluding carboxylic acids is 11. The maximum absolute atomic E-state index is 13.7. The van der Waals surface area contributed by atoms with Crippen molar-refractivity contribution in [2.45, 2.75) is 172 Å². The Morgan fingerprint density at radius 3 is 1.85 bits per heavy atom. The van der Waals surface area contributed by atoms with E-state index in [1.54, 1.807) is 18.9 Å². The van der Waals surface area contributed by atoms with Crippen LogP contribution in [-0.4, -0.2) is 195 Å². The average molecular weight is 1130 g/mol. The third kappa shape index (κ3) is 24.6. The van der Waals surface area contributed by atoms with E-state index in [0.29, 0.717) is 103 Å². The second kappa shape index (κ2) is 36.0. The van der Waals surface area contributed by atoms with Crippen LogP contribution in [0.25, 0.3) is 0 Å². The third-order valence-electron chi connectivity index (χ3n) is 14.8. The number of carboxylic acid groups (broad SMARTS) is 1. The molecule has 0 aromatic carbocycles. The summed E-state index contributed by atoms with van der Waals surface area (Å²) in [6.07, 6.45) is 7.03. The van der Waals surface area contributed by atoms with E-state index in [-0.39, 0.29) is 175 Å². The Morgan fingerprint density at radius 2 is 1.29 bits per heavy atom. The minimum absolute atomic E-state index is 0.0102. The Morgan fingerprint density at radius 1 is 0.713 bits per heavy atom. The maximum atomic E-state index is 13.7. The van der Waals surface area contributed by atoms with Gasteiger partial charge in [0, 0.05) is 95.8 Å². The number of hydrogen-bond donors (Lipinski definition) is 7. The molecule has 3 saturated heterocycles. The summed E-state index contributed by atoms with van der Waals surface area (Å²) in [7, 11) is 1.71. The molecule has 1 saturated carbocycles. The fourth-order valence-electron chi connectivity index (χ4n) is 10.4. The fraction of sp³-hybridized carbons (Fsp3) is 0.782. The first-order chi connectivity index (χ1) is 38.3. The molecule has 0 spiro atoms. The number of likely N-dealkylation sites (N-methyl/N-ethyl adjacent to an activating group) is 1. The molecule has 0 radical (unpaired) electrons. The van der Waals surface area contributed by atoms with E-state index < -0.39 is 47.6 Å². The second-order valence-corrected chi connectivity index (χ2v) is 21.8. The molecule has 4 aliphatic rings. The summed E-state index contributed by atoms with van der Waals surface area (Å²) in [6, 6.07) is -1.17. The summed E-state index contributed by atoms with van der Waals surface area (Å²) in [6.45, 7) is 1.87. The average Bonchev–Trinajstić information content (AvgIpc) is 4.19. The molecule has 450 valence electrons. The molecule has 0 aromatic rings. The zero-order valence-electron chi connectivity index (χ0n) is 47.0. The van der Waals surface area contributed by atoms with Crippen molar-refractivity contribution in [3.05, 3.63) is 0 Å². The summed E-state index contributed by atoms with van der Waals surface area (Å²) < 4.78 is 23.4. The molecular formula is C55H88N8O17. The van der Waals surface area contributed by atoms with Gasteiger partial charge in [0.25, 0.3) is 0 Å². The van der Waals surface area contributed by atoms with Crippen LogP contribution in [0.2, 0.25) is 0 Å². The Balaban J connectivity index is 1.29. The Bertz CT molecular complexity index is 2130. The van der Waals surface area contributed by atoms with Crippen LogP contribution < -0.4 is 32.3 Å². The van der Waals surface area contributed by atoms with Gasteiger partial charge in [0.1, 0.15) is 28.9 Å². The smallest absolute Gasteiger partial charge is 0.325 e. The van der Waals surface area contributed by atoms with Crippen molar-refractivity contribution in [2.75, 3.05) is 86.0 Å². The third-order valence-corrected chi connectivity index (χ3v) is 14.8. The molecule has 1 aliphatic carbocycles. The van der Waals surface area contributed by atoms with E-state index in [0.717, 1.165) is 11.3 Å². The van der Waals surface area contributed by atoms with Gasteiger partial charge in [-0.15, -0.1) is 0 Å². The van der Waals surface area contributed by atoms with E-state index in [1.807, 2.05) is 0 Å². The summed E-state index contributed by atoms with van der Waals surface area (Å²) in [4.78, 5) is 152. The molecule has 3 heterocycles. The van der Waals surface area contributed by atoms with Crippen molar-refractivity contribution in [2.24, 2.45) is 23.5 Å². The van der Waals surface area contributed by atoms with Gasteiger partial charge in [-0.1, -0.05) is 13.3 Å². The van der Waals surface area contributed by atoms with Crippen LogP contribution in [0, 0.1) is 17.8 Å². The Hall–Kier alpha value is -5.60. The number of carbonyl (C=O) groups is 12. The maximum Gasteiger partial charge on any atom is 0.325 e. The van der Waals surface area contributed by atoms with Crippen molar-refractivity contribution in [3.63, 3.8) is 0 Å². The molecule has 80 heavy (non-hydrogen) atoms. The number of unbranched alkanes of at least 4 members (excludes halogenated alkanes) is 4. The number of ether oxygens (including phenoxy) is 4. The summed E-state index contributed by atoms with van der Waals surface area (Å²) in [5.74, 6) is -3.95. The first-order valence-corrected chi connectivity index (χ1v) is 28.6. The lowest BCUT2D eigenvalue weighted by Crippen LogP contribution is -2.59. The minimum atomic E-state index is -1.46. The van der Waals surface area contributed by atoms with Gasteiger partial charge < -0.3 is 56.4 Å². The quantitative estimate of drug-likeness (QED) is 0.0249. The number of amides is 6. The lowest BCUT2D eigenvalue weighted by atomic mass is 9.96. The van der Waals surface area contributed by atoms with Gasteiger partial charge in [-0.25, -0.2) is 4.90 Å². The van der Waals surface area contributed by atoms with Crippen LogP contribution in [0.4, 0.5) is 0 Å². The highest BCUT2D eigenvalue weighted by atomic mass is 16.6. The van der Waals surface area contributed by atoms with Crippen molar-refractivity contribution >= 4 is 70.5 Å². The highest BCUT2D eigenvalue weighted by Gasteiger charge is 2.47. The van der Waals surface area contributed by atoms with Crippen LogP contribution in [0.3, 0.4) is 0 Å². The number of Topliss-reactive ketones (excluding diaryl/α,β-unsaturated/α-hetero) is 4. The summed E-state index contributed by atoms with van der Waals surface area (Å²) in [5, 5.41) is 23.1. The monoisotopic (exact) mass is 1130 g/mol. The summed E-state index contributed by atoms with van der Waals surface area (Å²) in [5.41, 5.74) is 4.56. The number of rotatable bonds is 44. The molecule has 0 aromatic heterocycles. The first kappa shape index (κ1) is 66.9. The molecule has 25 nitrogen and oxygen atoms in total. The predicted octanol–water partition coefficient (Wildman–Crippen LogP) is 0.548. The van der Waals surface area contributed by atoms with Crippen LogP contribution >= 0.6 is 0 Å². The van der Waals surface area contributed by atoms with Gasteiger partial charge in [-0.3, -0.25) is 62.4 Å². The van der Waals surface area contributed by atoms with Gasteiger partial charge in [0.2, 0.25) is 35.4 Å². The van der Waals surface area contributed by atoms with E-state index in [4.69, 9.17) is 29.8 Å². The number of nitrogens with two attached hydrogens (primary N) is 1. The van der Waals surface area contributed by atoms with Gasteiger partial charge in [0.15, 0.2) is 12.0 Å². The molecule has 7 atom stereocenters. The molecule has 25 heteroatoms. The highest BCUT2D eigenvalue weighted by Crippen LogP contribution is 2.34. The van der Waals surface area contributed by atoms with E-state index in [9.17, 15) is 57.5 Å². The second-order valence-electron chi connectivity index (χ2n) is 21.8. The largest absolute Gasteiger partial charge is 0.481 e. The molecule has 4 fully saturated rings. The van der Waals surface area contributed by atoms with Gasteiger partial charge in [0.05, 0.1) is 65.2 Å². The molecular weight excluding hydrogens is 1040 g/mol. The molecule has 8 N–H and O–H groups in total. The number of nitrogens with zero attached hydrogens (tertiary/aromatic N) is 2. The highest BCUT2D eigenvalue weighted by molar-refractivity contribution is 6.03. The van der Waals surface area contributed by atoms with E-state index in [1.165, 1.54) is 0 Å². The Labute approximate surface area is 468 Å². The number of carboxylic acids is 1. The fourth-order valence-corrected chi connectivity index (χ4v) is 10.4. The first-order valence-electron chi connectivity index (χ1n) is 28.6. The van der Waals surface area contributed by atoms with Crippen LogP contribution in [0.15, 0.2) is 0 Å². The van der Waals surface area contributed by atoms with Crippen LogP contribution in [0.1, 0.15) is 148 Å². The van der Waals surface area contributed by atoms with Crippen molar-refractivity contribution < 1.29 is 81.6 Å². The number of ketones is 4. The lowest BCUT2D eigenvalue weighted by molar-refractivity contribution is -0.143. The van der Waals surface area contributed by atoms with Crippen molar-refractivity contribution in [1.29, 1.82) is 0 Å². The molecule has 3 aliphatic heterocycles. The number of nitrogens with one attached hydrogen (secondary N) is 5. The molecule has 5 unspecified atom stereocenters. The van der Waals surface area contributed by atoms with Crippen molar-refractivity contribution in [3.8, 4) is 0 Å². The summed E-state index contributed by atoms with van der Waals surface area (Å²) >= 11 is 0. The topological polar surface area (TPSA) is 355 Å². The standard InChI is InChI=1S/C55H88N8O17/c1-37-27-50(72)62(53(37)75)23-16-49(71)61-55(35-78-25-18-47(69)59-21-9-6-12-42(56)44(66)14-3-4-15-52(73)74,36-79-26-19-48(70)60-22-10-7-13-43-54(76)80-51-31-41(65)33-63(43)51)34-77-24-17-46(68)58-20-8-5-11-39-28-38(30-45(39)67)29-40(64)32-57-2/h37-39,42-43,51,57H,3-36,56H2,1-2H3,(H,58,68)(H,59,69)(H,60,70)(H,61,71)(H,73,74)/t37?,38-,39?,42?,43?,51+,55?/m1/s1. The van der Waals surface area contributed by atoms with Crippen LogP contribution in [-0.2, 0) is 76.5 Å². The normalized spacial score (nSPS) is 21.1.